The maximum atomic E-state index is 5.83. The molecule has 24 heavy (non-hydrogen) atoms. The zero-order valence-corrected chi connectivity index (χ0v) is 13.6. The molecule has 0 atom stereocenters. The molecule has 0 radical (unpaired) electrons. The van der Waals surface area contributed by atoms with E-state index in [-0.39, 0.29) is 0 Å². The number of benzene rings is 1. The Hall–Kier alpha value is -3.00. The van der Waals surface area contributed by atoms with E-state index < -0.39 is 0 Å². The molecule has 0 fully saturated rings. The third kappa shape index (κ3) is 2.67. The van der Waals surface area contributed by atoms with Crippen LogP contribution in [0.25, 0.3) is 22.3 Å². The second-order valence-corrected chi connectivity index (χ2v) is 6.08. The van der Waals surface area contributed by atoms with E-state index >= 15 is 0 Å². The van der Waals surface area contributed by atoms with E-state index in [4.69, 9.17) is 5.73 Å². The number of anilines is 1. The minimum absolute atomic E-state index is 0.456. The summed E-state index contributed by atoms with van der Waals surface area (Å²) in [6.07, 6.45) is 1.64. The summed E-state index contributed by atoms with van der Waals surface area (Å²) in [6.45, 7) is 0. The number of nitrogens with two attached hydrogens (primary N) is 1. The minimum atomic E-state index is 0.456. The van der Waals surface area contributed by atoms with Crippen molar-refractivity contribution in [3.8, 4) is 11.4 Å². The summed E-state index contributed by atoms with van der Waals surface area (Å²) in [7, 11) is 1.88. The van der Waals surface area contributed by atoms with Crippen LogP contribution in [0.2, 0.25) is 0 Å². The van der Waals surface area contributed by atoms with Gasteiger partial charge in [-0.25, -0.2) is 15.0 Å². The summed E-state index contributed by atoms with van der Waals surface area (Å²) in [5.74, 6) is 0.456. The maximum absolute atomic E-state index is 5.83. The zero-order valence-electron chi connectivity index (χ0n) is 12.8. The number of hydrogen-bond acceptors (Lipinski definition) is 7. The third-order valence-electron chi connectivity index (χ3n) is 3.45. The van der Waals surface area contributed by atoms with Gasteiger partial charge in [0.05, 0.1) is 11.2 Å². The number of rotatable bonds is 3. The van der Waals surface area contributed by atoms with Crippen molar-refractivity contribution < 1.29 is 0 Å². The molecule has 0 bridgehead atoms. The molecule has 2 N–H and O–H groups in total. The third-order valence-corrected chi connectivity index (χ3v) is 4.37. The molecule has 0 spiro atoms. The van der Waals surface area contributed by atoms with Crippen molar-refractivity contribution in [3.63, 3.8) is 0 Å². The van der Waals surface area contributed by atoms with E-state index in [0.717, 1.165) is 21.8 Å². The van der Waals surface area contributed by atoms with E-state index in [0.29, 0.717) is 16.7 Å². The lowest BCUT2D eigenvalue weighted by Crippen LogP contribution is -1.98. The first-order valence-corrected chi connectivity index (χ1v) is 8.04. The highest BCUT2D eigenvalue weighted by Gasteiger charge is 2.13. The minimum Gasteiger partial charge on any atom is -0.384 e. The molecule has 118 valence electrons. The van der Waals surface area contributed by atoms with Crippen molar-refractivity contribution in [2.75, 3.05) is 5.73 Å². The van der Waals surface area contributed by atoms with Crippen molar-refractivity contribution in [2.24, 2.45) is 7.05 Å². The quantitative estimate of drug-likeness (QED) is 0.575. The molecule has 0 unspecified atom stereocenters. The van der Waals surface area contributed by atoms with Crippen molar-refractivity contribution in [1.29, 1.82) is 0 Å². The first-order chi connectivity index (χ1) is 11.7. The molecule has 4 aromatic rings. The molecular weight excluding hydrogens is 322 g/mol. The SMILES string of the molecule is Cn1cnnc1Sc1nc(-c2cccc(N)n2)c2ccccc2n1. The van der Waals surface area contributed by atoms with E-state index in [9.17, 15) is 0 Å². The highest BCUT2D eigenvalue weighted by molar-refractivity contribution is 7.99. The number of nitrogens with zero attached hydrogens (tertiary/aromatic N) is 6. The Kier molecular flexibility index (Phi) is 3.58. The van der Waals surface area contributed by atoms with Gasteiger partial charge in [0.1, 0.15) is 17.8 Å². The predicted octanol–water partition coefficient (Wildman–Crippen LogP) is 2.55. The van der Waals surface area contributed by atoms with Gasteiger partial charge in [-0.2, -0.15) is 0 Å². The van der Waals surface area contributed by atoms with E-state index in [2.05, 4.69) is 25.1 Å². The molecule has 0 aliphatic heterocycles. The zero-order chi connectivity index (χ0) is 16.5. The lowest BCUT2D eigenvalue weighted by atomic mass is 10.1. The lowest BCUT2D eigenvalue weighted by Gasteiger charge is -2.08. The van der Waals surface area contributed by atoms with Gasteiger partial charge in [-0.1, -0.05) is 24.3 Å². The summed E-state index contributed by atoms with van der Waals surface area (Å²) >= 11 is 1.36. The second-order valence-electron chi connectivity index (χ2n) is 5.15. The van der Waals surface area contributed by atoms with Crippen LogP contribution in [-0.4, -0.2) is 29.7 Å². The molecule has 8 heteroatoms. The molecule has 7 nitrogen and oxygen atoms in total. The van der Waals surface area contributed by atoms with E-state index in [1.165, 1.54) is 11.8 Å². The summed E-state index contributed by atoms with van der Waals surface area (Å²) in [5.41, 5.74) is 8.13. The number of aromatic nitrogens is 6. The number of aryl methyl sites for hydroxylation is 1. The molecule has 4 rings (SSSR count). The van der Waals surface area contributed by atoms with Gasteiger partial charge >= 0.3 is 0 Å². The van der Waals surface area contributed by atoms with Crippen LogP contribution in [0.5, 0.6) is 0 Å². The smallest absolute Gasteiger partial charge is 0.198 e. The molecule has 0 aliphatic carbocycles. The van der Waals surface area contributed by atoms with Crippen LogP contribution in [0.4, 0.5) is 5.82 Å². The number of nitrogen functional groups attached to an aromatic ring is 1. The Morgan fingerprint density at radius 3 is 2.67 bits per heavy atom. The summed E-state index contributed by atoms with van der Waals surface area (Å²) in [6, 6.07) is 13.3. The lowest BCUT2D eigenvalue weighted by molar-refractivity contribution is 0.784. The average Bonchev–Trinajstić information content (AvgIpc) is 2.99. The van der Waals surface area contributed by atoms with Crippen LogP contribution >= 0.6 is 11.8 Å². The van der Waals surface area contributed by atoms with E-state index in [1.54, 1.807) is 12.4 Å². The normalized spacial score (nSPS) is 11.0. The van der Waals surface area contributed by atoms with Crippen molar-refractivity contribution in [2.45, 2.75) is 10.3 Å². The monoisotopic (exact) mass is 335 g/mol. The summed E-state index contributed by atoms with van der Waals surface area (Å²) < 4.78 is 1.82. The Morgan fingerprint density at radius 1 is 1.00 bits per heavy atom. The van der Waals surface area contributed by atoms with Gasteiger partial charge < -0.3 is 10.3 Å². The van der Waals surface area contributed by atoms with Crippen LogP contribution in [0, 0.1) is 0 Å². The van der Waals surface area contributed by atoms with Crippen LogP contribution in [0.1, 0.15) is 0 Å². The Balaban J connectivity index is 1.89. The van der Waals surface area contributed by atoms with E-state index in [1.807, 2.05) is 48.0 Å². The van der Waals surface area contributed by atoms with Gasteiger partial charge in [0.25, 0.3) is 0 Å². The molecule has 0 aliphatic rings. The van der Waals surface area contributed by atoms with Crippen LogP contribution in [0.3, 0.4) is 0 Å². The predicted molar refractivity (Wildman–Crippen MR) is 92.3 cm³/mol. The molecule has 3 aromatic heterocycles. The fraction of sp³-hybridized carbons (Fsp3) is 0.0625. The first kappa shape index (κ1) is 14.6. The van der Waals surface area contributed by atoms with Crippen LogP contribution in [0.15, 0.2) is 59.1 Å². The standard InChI is InChI=1S/C16H13N7S/c1-23-9-18-22-16(23)24-15-20-11-6-3-2-5-10(11)14(21-15)12-7-4-8-13(17)19-12/h2-9H,1H3,(H2,17,19). The Bertz CT molecular complexity index is 1030. The van der Waals surface area contributed by atoms with Gasteiger partial charge in [-0.05, 0) is 30.0 Å². The molecule has 0 saturated carbocycles. The van der Waals surface area contributed by atoms with Gasteiger partial charge in [-0.3, -0.25) is 0 Å². The summed E-state index contributed by atoms with van der Waals surface area (Å²) in [4.78, 5) is 13.7. The van der Waals surface area contributed by atoms with Crippen molar-refractivity contribution in [3.05, 3.63) is 48.8 Å². The number of hydrogen-bond donors (Lipinski definition) is 1. The molecule has 0 amide bonds. The fourth-order valence-electron chi connectivity index (χ4n) is 2.33. The van der Waals surface area contributed by atoms with Gasteiger partial charge in [0.2, 0.25) is 0 Å². The highest BCUT2D eigenvalue weighted by Crippen LogP contribution is 2.30. The van der Waals surface area contributed by atoms with Gasteiger partial charge in [0, 0.05) is 12.4 Å². The van der Waals surface area contributed by atoms with Crippen molar-refractivity contribution >= 4 is 28.5 Å². The Morgan fingerprint density at radius 2 is 1.88 bits per heavy atom. The highest BCUT2D eigenvalue weighted by atomic mass is 32.2. The molecule has 0 saturated heterocycles. The first-order valence-electron chi connectivity index (χ1n) is 7.22. The van der Waals surface area contributed by atoms with Gasteiger partial charge in [-0.15, -0.1) is 10.2 Å². The Labute approximate surface area is 142 Å². The molecule has 3 heterocycles. The van der Waals surface area contributed by atoms with Gasteiger partial charge in [0.15, 0.2) is 10.3 Å². The fourth-order valence-corrected chi connectivity index (χ4v) is 3.05. The average molecular weight is 335 g/mol. The maximum Gasteiger partial charge on any atom is 0.198 e. The second kappa shape index (κ2) is 5.89. The van der Waals surface area contributed by atoms with Crippen molar-refractivity contribution in [1.82, 2.24) is 29.7 Å². The summed E-state index contributed by atoms with van der Waals surface area (Å²) in [5, 5.41) is 10.2. The van der Waals surface area contributed by atoms with Crippen LogP contribution in [-0.2, 0) is 7.05 Å². The molecular formula is C16H13N7S. The molecule has 1 aromatic carbocycles. The topological polar surface area (TPSA) is 95.4 Å². The largest absolute Gasteiger partial charge is 0.384 e. The number of fused-ring (bicyclic) bond motifs is 1. The number of para-hydroxylation sites is 1. The van der Waals surface area contributed by atoms with Crippen LogP contribution < -0.4 is 5.73 Å². The number of pyridine rings is 1.